The lowest BCUT2D eigenvalue weighted by atomic mass is 10.1. The van der Waals surface area contributed by atoms with Gasteiger partial charge >= 0.3 is 0 Å². The number of benzene rings is 2. The summed E-state index contributed by atoms with van der Waals surface area (Å²) in [6.45, 7) is 2.77. The van der Waals surface area contributed by atoms with E-state index in [1.165, 1.54) is 11.1 Å². The molecule has 0 bridgehead atoms. The SMILES string of the molecule is Cc1ccccc1CCNC(=O)CCc1ccccc1N. The van der Waals surface area contributed by atoms with Crippen molar-refractivity contribution in [3.8, 4) is 0 Å². The molecule has 0 aromatic heterocycles. The Hall–Kier alpha value is -2.29. The lowest BCUT2D eigenvalue weighted by Crippen LogP contribution is -2.26. The minimum Gasteiger partial charge on any atom is -0.399 e. The minimum absolute atomic E-state index is 0.0758. The Morgan fingerprint density at radius 3 is 2.38 bits per heavy atom. The highest BCUT2D eigenvalue weighted by Crippen LogP contribution is 2.12. The molecule has 0 atom stereocenters. The summed E-state index contributed by atoms with van der Waals surface area (Å²) in [7, 11) is 0. The summed E-state index contributed by atoms with van der Waals surface area (Å²) in [5, 5.41) is 2.97. The second kappa shape index (κ2) is 7.48. The van der Waals surface area contributed by atoms with E-state index in [-0.39, 0.29) is 5.91 Å². The lowest BCUT2D eigenvalue weighted by molar-refractivity contribution is -0.121. The first kappa shape index (κ1) is 15.1. The minimum atomic E-state index is 0.0758. The molecule has 0 unspecified atom stereocenters. The molecule has 0 aliphatic heterocycles. The predicted octanol–water partition coefficient (Wildman–Crippen LogP) is 2.87. The second-order valence-electron chi connectivity index (χ2n) is 5.23. The zero-order chi connectivity index (χ0) is 15.1. The Bertz CT molecular complexity index is 608. The molecule has 0 saturated carbocycles. The number of amides is 1. The molecule has 3 heteroatoms. The van der Waals surface area contributed by atoms with Crippen LogP contribution in [-0.4, -0.2) is 12.5 Å². The van der Waals surface area contributed by atoms with Crippen LogP contribution in [0.5, 0.6) is 0 Å². The quantitative estimate of drug-likeness (QED) is 0.800. The molecule has 2 aromatic rings. The average molecular weight is 282 g/mol. The summed E-state index contributed by atoms with van der Waals surface area (Å²) in [6.07, 6.45) is 2.02. The third-order valence-electron chi connectivity index (χ3n) is 3.65. The van der Waals surface area contributed by atoms with Gasteiger partial charge in [0.2, 0.25) is 5.91 Å². The number of hydrogen-bond acceptors (Lipinski definition) is 2. The number of carbonyl (C=O) groups is 1. The van der Waals surface area contributed by atoms with Gasteiger partial charge in [-0.05, 0) is 42.5 Å². The van der Waals surface area contributed by atoms with Gasteiger partial charge in [0.15, 0.2) is 0 Å². The summed E-state index contributed by atoms with van der Waals surface area (Å²) < 4.78 is 0. The Morgan fingerprint density at radius 2 is 1.67 bits per heavy atom. The Kier molecular flexibility index (Phi) is 5.38. The molecule has 0 fully saturated rings. The highest BCUT2D eigenvalue weighted by molar-refractivity contribution is 5.76. The number of aryl methyl sites for hydroxylation is 2. The summed E-state index contributed by atoms with van der Waals surface area (Å²) in [5.74, 6) is 0.0758. The molecule has 2 aromatic carbocycles. The molecule has 21 heavy (non-hydrogen) atoms. The topological polar surface area (TPSA) is 55.1 Å². The number of nitrogens with one attached hydrogen (secondary N) is 1. The van der Waals surface area contributed by atoms with Gasteiger partial charge in [0, 0.05) is 18.7 Å². The van der Waals surface area contributed by atoms with E-state index in [1.54, 1.807) is 0 Å². The van der Waals surface area contributed by atoms with Crippen molar-refractivity contribution in [3.05, 3.63) is 65.2 Å². The maximum absolute atomic E-state index is 11.9. The van der Waals surface area contributed by atoms with Crippen LogP contribution >= 0.6 is 0 Å². The summed E-state index contributed by atoms with van der Waals surface area (Å²) in [4.78, 5) is 11.9. The first-order valence-electron chi connectivity index (χ1n) is 7.31. The molecule has 2 rings (SSSR count). The fourth-order valence-corrected chi connectivity index (χ4v) is 2.33. The maximum atomic E-state index is 11.9. The van der Waals surface area contributed by atoms with Crippen molar-refractivity contribution in [1.29, 1.82) is 0 Å². The molecule has 3 nitrogen and oxygen atoms in total. The zero-order valence-electron chi connectivity index (χ0n) is 12.4. The van der Waals surface area contributed by atoms with Crippen molar-refractivity contribution in [3.63, 3.8) is 0 Å². The molecular weight excluding hydrogens is 260 g/mol. The Labute approximate surface area is 126 Å². The maximum Gasteiger partial charge on any atom is 0.220 e. The molecular formula is C18H22N2O. The number of para-hydroxylation sites is 1. The molecule has 0 heterocycles. The molecule has 0 aliphatic rings. The Morgan fingerprint density at radius 1 is 1.00 bits per heavy atom. The van der Waals surface area contributed by atoms with Gasteiger partial charge in [-0.2, -0.15) is 0 Å². The van der Waals surface area contributed by atoms with Crippen LogP contribution in [0.1, 0.15) is 23.1 Å². The van der Waals surface area contributed by atoms with E-state index >= 15 is 0 Å². The van der Waals surface area contributed by atoms with E-state index in [0.717, 1.165) is 17.7 Å². The van der Waals surface area contributed by atoms with Crippen LogP contribution in [0.3, 0.4) is 0 Å². The van der Waals surface area contributed by atoms with Crippen LogP contribution in [0.2, 0.25) is 0 Å². The number of anilines is 1. The highest BCUT2D eigenvalue weighted by atomic mass is 16.1. The van der Waals surface area contributed by atoms with Crippen LogP contribution in [0.15, 0.2) is 48.5 Å². The Balaban J connectivity index is 1.73. The number of carbonyl (C=O) groups excluding carboxylic acids is 1. The van der Waals surface area contributed by atoms with E-state index < -0.39 is 0 Å². The van der Waals surface area contributed by atoms with Gasteiger partial charge in [0.25, 0.3) is 0 Å². The van der Waals surface area contributed by atoms with Crippen LogP contribution in [0, 0.1) is 6.92 Å². The fourth-order valence-electron chi connectivity index (χ4n) is 2.33. The standard InChI is InChI=1S/C18H22N2O/c1-14-6-2-3-7-15(14)12-13-20-18(21)11-10-16-8-4-5-9-17(16)19/h2-9H,10-13,19H2,1H3,(H,20,21). The number of hydrogen-bond donors (Lipinski definition) is 2. The van der Waals surface area contributed by atoms with E-state index in [0.29, 0.717) is 19.4 Å². The van der Waals surface area contributed by atoms with Gasteiger partial charge < -0.3 is 11.1 Å². The molecule has 0 saturated heterocycles. The predicted molar refractivity (Wildman–Crippen MR) is 87.1 cm³/mol. The third-order valence-corrected chi connectivity index (χ3v) is 3.65. The number of nitrogen functional groups attached to an aromatic ring is 1. The van der Waals surface area contributed by atoms with Crippen LogP contribution < -0.4 is 11.1 Å². The summed E-state index contributed by atoms with van der Waals surface area (Å²) >= 11 is 0. The molecule has 3 N–H and O–H groups in total. The highest BCUT2D eigenvalue weighted by Gasteiger charge is 2.04. The molecule has 0 aliphatic carbocycles. The van der Waals surface area contributed by atoms with Crippen molar-refractivity contribution in [1.82, 2.24) is 5.32 Å². The summed E-state index contributed by atoms with van der Waals surface area (Å²) in [5.41, 5.74) is 10.2. The van der Waals surface area contributed by atoms with Crippen LogP contribution in [0.25, 0.3) is 0 Å². The number of nitrogens with two attached hydrogens (primary N) is 1. The van der Waals surface area contributed by atoms with Crippen LogP contribution in [0.4, 0.5) is 5.69 Å². The van der Waals surface area contributed by atoms with Crippen LogP contribution in [-0.2, 0) is 17.6 Å². The number of rotatable bonds is 6. The van der Waals surface area contributed by atoms with E-state index in [9.17, 15) is 4.79 Å². The second-order valence-corrected chi connectivity index (χ2v) is 5.23. The monoisotopic (exact) mass is 282 g/mol. The third kappa shape index (κ3) is 4.63. The van der Waals surface area contributed by atoms with Gasteiger partial charge in [0.05, 0.1) is 0 Å². The zero-order valence-corrected chi connectivity index (χ0v) is 12.4. The molecule has 0 spiro atoms. The van der Waals surface area contributed by atoms with Crippen molar-refractivity contribution in [2.45, 2.75) is 26.2 Å². The lowest BCUT2D eigenvalue weighted by Gasteiger charge is -2.08. The fraction of sp³-hybridized carbons (Fsp3) is 0.278. The molecule has 1 amide bonds. The first-order valence-corrected chi connectivity index (χ1v) is 7.31. The van der Waals surface area contributed by atoms with Crippen molar-refractivity contribution in [2.24, 2.45) is 0 Å². The van der Waals surface area contributed by atoms with Gasteiger partial charge in [-0.3, -0.25) is 4.79 Å². The van der Waals surface area contributed by atoms with E-state index in [1.807, 2.05) is 36.4 Å². The van der Waals surface area contributed by atoms with Gasteiger partial charge in [-0.25, -0.2) is 0 Å². The van der Waals surface area contributed by atoms with Crippen molar-refractivity contribution in [2.75, 3.05) is 12.3 Å². The molecule has 110 valence electrons. The largest absolute Gasteiger partial charge is 0.399 e. The van der Waals surface area contributed by atoms with E-state index in [4.69, 9.17) is 5.73 Å². The van der Waals surface area contributed by atoms with E-state index in [2.05, 4.69) is 24.4 Å². The van der Waals surface area contributed by atoms with Crippen molar-refractivity contribution >= 4 is 11.6 Å². The van der Waals surface area contributed by atoms with Gasteiger partial charge in [-0.15, -0.1) is 0 Å². The normalized spacial score (nSPS) is 10.3. The van der Waals surface area contributed by atoms with Crippen molar-refractivity contribution < 1.29 is 4.79 Å². The van der Waals surface area contributed by atoms with Gasteiger partial charge in [-0.1, -0.05) is 42.5 Å². The average Bonchev–Trinajstić information content (AvgIpc) is 2.48. The molecule has 0 radical (unpaired) electrons. The smallest absolute Gasteiger partial charge is 0.220 e. The first-order chi connectivity index (χ1) is 10.2. The summed E-state index contributed by atoms with van der Waals surface area (Å²) in [6, 6.07) is 15.9. The van der Waals surface area contributed by atoms with Gasteiger partial charge in [0.1, 0.15) is 0 Å².